The third-order valence-electron chi connectivity index (χ3n) is 4.20. The topological polar surface area (TPSA) is 55.6 Å². The number of hydrogen-bond acceptors (Lipinski definition) is 3. The fourth-order valence-electron chi connectivity index (χ4n) is 2.89. The number of rotatable bonds is 2. The van der Waals surface area contributed by atoms with Gasteiger partial charge in [0.05, 0.1) is 0 Å². The third-order valence-corrected chi connectivity index (χ3v) is 4.20. The molecular formula is C13H24N2O2. The minimum Gasteiger partial charge on any atom is -0.381 e. The van der Waals surface area contributed by atoms with Gasteiger partial charge in [0.2, 0.25) is 5.91 Å². The van der Waals surface area contributed by atoms with Crippen molar-refractivity contribution in [1.29, 1.82) is 0 Å². The molecule has 0 radical (unpaired) electrons. The molecule has 0 aliphatic carbocycles. The zero-order valence-corrected chi connectivity index (χ0v) is 10.7. The molecule has 4 nitrogen and oxygen atoms in total. The molecule has 0 saturated carbocycles. The quantitative estimate of drug-likeness (QED) is 0.783. The van der Waals surface area contributed by atoms with Crippen LogP contribution in [-0.2, 0) is 9.53 Å². The molecule has 2 aliphatic heterocycles. The van der Waals surface area contributed by atoms with E-state index in [4.69, 9.17) is 10.5 Å². The normalized spacial score (nSPS) is 31.5. The zero-order valence-electron chi connectivity index (χ0n) is 10.7. The van der Waals surface area contributed by atoms with Gasteiger partial charge in [-0.2, -0.15) is 0 Å². The van der Waals surface area contributed by atoms with Crippen LogP contribution in [0.1, 0.15) is 32.6 Å². The lowest BCUT2D eigenvalue weighted by molar-refractivity contribution is -0.140. The van der Waals surface area contributed by atoms with E-state index in [-0.39, 0.29) is 12.0 Å². The average Bonchev–Trinajstić information content (AvgIpc) is 2.39. The van der Waals surface area contributed by atoms with E-state index in [0.717, 1.165) is 52.0 Å². The summed E-state index contributed by atoms with van der Waals surface area (Å²) in [6, 6.07) is 0.277. The van der Waals surface area contributed by atoms with Gasteiger partial charge in [0, 0.05) is 38.3 Å². The van der Waals surface area contributed by atoms with Gasteiger partial charge in [0.25, 0.3) is 0 Å². The van der Waals surface area contributed by atoms with Crippen molar-refractivity contribution >= 4 is 5.91 Å². The Hall–Kier alpha value is -0.610. The summed E-state index contributed by atoms with van der Waals surface area (Å²) in [4.78, 5) is 14.4. The van der Waals surface area contributed by atoms with E-state index in [2.05, 4.69) is 6.92 Å². The van der Waals surface area contributed by atoms with Crippen LogP contribution in [0.3, 0.4) is 0 Å². The number of hydrogen-bond donors (Lipinski definition) is 1. The minimum absolute atomic E-state index is 0.190. The summed E-state index contributed by atoms with van der Waals surface area (Å²) in [5.41, 5.74) is 6.07. The molecule has 0 aromatic carbocycles. The first-order valence-electron chi connectivity index (χ1n) is 6.84. The summed E-state index contributed by atoms with van der Waals surface area (Å²) in [6.45, 7) is 5.33. The Morgan fingerprint density at radius 1 is 1.35 bits per heavy atom. The number of nitrogens with zero attached hydrogens (tertiary/aromatic N) is 1. The maximum Gasteiger partial charge on any atom is 0.225 e. The van der Waals surface area contributed by atoms with Gasteiger partial charge in [-0.25, -0.2) is 0 Å². The highest BCUT2D eigenvalue weighted by atomic mass is 16.5. The molecule has 0 aromatic rings. The second-order valence-corrected chi connectivity index (χ2v) is 5.29. The lowest BCUT2D eigenvalue weighted by atomic mass is 9.89. The molecule has 2 unspecified atom stereocenters. The number of piperidine rings is 1. The first-order chi connectivity index (χ1) is 8.22. The van der Waals surface area contributed by atoms with E-state index in [1.807, 2.05) is 4.90 Å². The van der Waals surface area contributed by atoms with Crippen molar-refractivity contribution < 1.29 is 9.53 Å². The van der Waals surface area contributed by atoms with Crippen molar-refractivity contribution in [3.63, 3.8) is 0 Å². The van der Waals surface area contributed by atoms with Crippen LogP contribution in [0.15, 0.2) is 0 Å². The van der Waals surface area contributed by atoms with Gasteiger partial charge < -0.3 is 15.4 Å². The summed E-state index contributed by atoms with van der Waals surface area (Å²) in [5.74, 6) is 1.00. The molecule has 2 aliphatic rings. The van der Waals surface area contributed by atoms with E-state index in [1.54, 1.807) is 0 Å². The monoisotopic (exact) mass is 240 g/mol. The molecule has 1 amide bonds. The summed E-state index contributed by atoms with van der Waals surface area (Å²) < 4.78 is 5.31. The molecule has 4 heteroatoms. The first kappa shape index (κ1) is 12.8. The highest BCUT2D eigenvalue weighted by Gasteiger charge is 2.32. The van der Waals surface area contributed by atoms with E-state index in [9.17, 15) is 4.79 Å². The molecule has 0 bridgehead atoms. The Balaban J connectivity index is 1.90. The Bertz CT molecular complexity index is 264. The molecule has 2 rings (SSSR count). The molecule has 98 valence electrons. The Kier molecular flexibility index (Phi) is 4.40. The maximum atomic E-state index is 12.4. The van der Waals surface area contributed by atoms with Crippen molar-refractivity contribution in [1.82, 2.24) is 4.90 Å². The summed E-state index contributed by atoms with van der Waals surface area (Å²) in [5, 5.41) is 0. The minimum atomic E-state index is 0.190. The van der Waals surface area contributed by atoms with Gasteiger partial charge >= 0.3 is 0 Å². The van der Waals surface area contributed by atoms with Crippen LogP contribution >= 0.6 is 0 Å². The standard InChI is InChI=1S/C13H24N2O2/c1-2-10-9-15(6-3-12(10)14)13(16)11-4-7-17-8-5-11/h10-12H,2-9,14H2,1H3. The molecule has 0 aromatic heterocycles. The molecule has 0 spiro atoms. The number of ether oxygens (including phenoxy) is 1. The van der Waals surface area contributed by atoms with Gasteiger partial charge in [0.1, 0.15) is 0 Å². The number of carbonyl (C=O) groups is 1. The number of carbonyl (C=O) groups excluding carboxylic acids is 1. The highest BCUT2D eigenvalue weighted by Crippen LogP contribution is 2.23. The lowest BCUT2D eigenvalue weighted by Crippen LogP contribution is -2.51. The van der Waals surface area contributed by atoms with E-state index < -0.39 is 0 Å². The Morgan fingerprint density at radius 3 is 2.71 bits per heavy atom. The number of likely N-dealkylation sites (tertiary alicyclic amines) is 1. The molecular weight excluding hydrogens is 216 g/mol. The van der Waals surface area contributed by atoms with Crippen LogP contribution in [0.25, 0.3) is 0 Å². The smallest absolute Gasteiger partial charge is 0.225 e. The predicted octanol–water partition coefficient (Wildman–Crippen LogP) is 0.999. The fraction of sp³-hybridized carbons (Fsp3) is 0.923. The van der Waals surface area contributed by atoms with Crippen molar-refractivity contribution in [2.24, 2.45) is 17.6 Å². The van der Waals surface area contributed by atoms with Gasteiger partial charge in [-0.3, -0.25) is 4.79 Å². The Morgan fingerprint density at radius 2 is 2.06 bits per heavy atom. The van der Waals surface area contributed by atoms with Gasteiger partial charge in [-0.05, 0) is 25.2 Å². The Labute approximate surface area is 103 Å². The van der Waals surface area contributed by atoms with E-state index in [0.29, 0.717) is 11.8 Å². The maximum absolute atomic E-state index is 12.4. The van der Waals surface area contributed by atoms with Crippen molar-refractivity contribution in [2.75, 3.05) is 26.3 Å². The lowest BCUT2D eigenvalue weighted by Gasteiger charge is -2.38. The van der Waals surface area contributed by atoms with E-state index in [1.165, 1.54) is 0 Å². The largest absolute Gasteiger partial charge is 0.381 e. The van der Waals surface area contributed by atoms with Crippen LogP contribution in [0.4, 0.5) is 0 Å². The van der Waals surface area contributed by atoms with Gasteiger partial charge in [-0.1, -0.05) is 13.3 Å². The molecule has 2 fully saturated rings. The van der Waals surface area contributed by atoms with Crippen LogP contribution < -0.4 is 5.73 Å². The molecule has 2 heterocycles. The first-order valence-corrected chi connectivity index (χ1v) is 6.84. The second-order valence-electron chi connectivity index (χ2n) is 5.29. The molecule has 2 N–H and O–H groups in total. The number of amides is 1. The van der Waals surface area contributed by atoms with Crippen molar-refractivity contribution in [3.05, 3.63) is 0 Å². The highest BCUT2D eigenvalue weighted by molar-refractivity contribution is 5.79. The van der Waals surface area contributed by atoms with Gasteiger partial charge in [-0.15, -0.1) is 0 Å². The SMILES string of the molecule is CCC1CN(C(=O)C2CCOCC2)CCC1N. The van der Waals surface area contributed by atoms with Crippen LogP contribution in [-0.4, -0.2) is 43.2 Å². The van der Waals surface area contributed by atoms with E-state index >= 15 is 0 Å². The summed E-state index contributed by atoms with van der Waals surface area (Å²) >= 11 is 0. The number of nitrogens with two attached hydrogens (primary N) is 1. The second kappa shape index (κ2) is 5.83. The summed E-state index contributed by atoms with van der Waals surface area (Å²) in [7, 11) is 0. The van der Waals surface area contributed by atoms with Crippen molar-refractivity contribution in [3.8, 4) is 0 Å². The third kappa shape index (κ3) is 2.99. The predicted molar refractivity (Wildman–Crippen MR) is 66.5 cm³/mol. The van der Waals surface area contributed by atoms with Crippen LogP contribution in [0.2, 0.25) is 0 Å². The molecule has 2 atom stereocenters. The fourth-order valence-corrected chi connectivity index (χ4v) is 2.89. The van der Waals surface area contributed by atoms with Crippen molar-refractivity contribution in [2.45, 2.75) is 38.6 Å². The average molecular weight is 240 g/mol. The van der Waals surface area contributed by atoms with Gasteiger partial charge in [0.15, 0.2) is 0 Å². The molecule has 17 heavy (non-hydrogen) atoms. The molecule has 2 saturated heterocycles. The zero-order chi connectivity index (χ0) is 12.3. The van der Waals surface area contributed by atoms with Crippen LogP contribution in [0.5, 0.6) is 0 Å². The summed E-state index contributed by atoms with van der Waals surface area (Å²) in [6.07, 6.45) is 3.79. The van der Waals surface area contributed by atoms with Crippen LogP contribution in [0, 0.1) is 11.8 Å².